The van der Waals surface area contributed by atoms with Gasteiger partial charge in [0.2, 0.25) is 0 Å². The van der Waals surface area contributed by atoms with E-state index in [2.05, 4.69) is 15.3 Å². The first-order chi connectivity index (χ1) is 13.1. The third-order valence-electron chi connectivity index (χ3n) is 5.55. The SMILES string of the molecule is O=C(O)C1CC2CCCCC2N1C(=O)c1cccc(Nc2cnccn2)c1. The van der Waals surface area contributed by atoms with Gasteiger partial charge >= 0.3 is 5.97 Å². The third-order valence-corrected chi connectivity index (χ3v) is 5.55. The summed E-state index contributed by atoms with van der Waals surface area (Å²) in [5.41, 5.74) is 1.20. The molecule has 1 aromatic carbocycles. The minimum atomic E-state index is -0.911. The molecule has 1 saturated heterocycles. The molecule has 140 valence electrons. The van der Waals surface area contributed by atoms with Gasteiger partial charge in [-0.25, -0.2) is 9.78 Å². The maximum atomic E-state index is 13.2. The number of amides is 1. The lowest BCUT2D eigenvalue weighted by Gasteiger charge is -2.33. The fourth-order valence-electron chi connectivity index (χ4n) is 4.36. The molecule has 1 aliphatic heterocycles. The van der Waals surface area contributed by atoms with Gasteiger partial charge in [-0.1, -0.05) is 18.9 Å². The molecule has 1 amide bonds. The zero-order valence-corrected chi connectivity index (χ0v) is 14.9. The molecule has 7 heteroatoms. The molecule has 2 N–H and O–H groups in total. The van der Waals surface area contributed by atoms with E-state index in [-0.39, 0.29) is 11.9 Å². The Labute approximate surface area is 157 Å². The number of carbonyl (C=O) groups excluding carboxylic acids is 1. The van der Waals surface area contributed by atoms with Crippen LogP contribution < -0.4 is 5.32 Å². The zero-order chi connectivity index (χ0) is 18.8. The monoisotopic (exact) mass is 366 g/mol. The van der Waals surface area contributed by atoms with Crippen molar-refractivity contribution in [2.24, 2.45) is 5.92 Å². The number of carboxylic acid groups (broad SMARTS) is 1. The van der Waals surface area contributed by atoms with Crippen LogP contribution in [0.1, 0.15) is 42.5 Å². The minimum Gasteiger partial charge on any atom is -0.480 e. The van der Waals surface area contributed by atoms with Gasteiger partial charge in [0.25, 0.3) is 5.91 Å². The number of aliphatic carboxylic acids is 1. The van der Waals surface area contributed by atoms with Crippen LogP contribution in [0.25, 0.3) is 0 Å². The number of carboxylic acids is 1. The average molecular weight is 366 g/mol. The second-order valence-electron chi connectivity index (χ2n) is 7.21. The van der Waals surface area contributed by atoms with Gasteiger partial charge in [-0.05, 0) is 43.4 Å². The van der Waals surface area contributed by atoms with Crippen LogP contribution in [-0.2, 0) is 4.79 Å². The summed E-state index contributed by atoms with van der Waals surface area (Å²) in [6.07, 6.45) is 9.39. The highest BCUT2D eigenvalue weighted by Crippen LogP contribution is 2.40. The summed E-state index contributed by atoms with van der Waals surface area (Å²) in [5.74, 6) is -0.241. The lowest BCUT2D eigenvalue weighted by atomic mass is 9.84. The van der Waals surface area contributed by atoms with Gasteiger partial charge in [-0.3, -0.25) is 9.78 Å². The molecule has 4 rings (SSSR count). The lowest BCUT2D eigenvalue weighted by molar-refractivity contribution is -0.141. The minimum absolute atomic E-state index is 0.0314. The van der Waals surface area contributed by atoms with E-state index >= 15 is 0 Å². The van der Waals surface area contributed by atoms with Crippen LogP contribution in [0.2, 0.25) is 0 Å². The first kappa shape index (κ1) is 17.5. The summed E-state index contributed by atoms with van der Waals surface area (Å²) in [6, 6.07) is 6.40. The molecule has 3 unspecified atom stereocenters. The van der Waals surface area contributed by atoms with Crippen molar-refractivity contribution in [3.63, 3.8) is 0 Å². The number of fused-ring (bicyclic) bond motifs is 1. The van der Waals surface area contributed by atoms with Crippen molar-refractivity contribution < 1.29 is 14.7 Å². The number of benzene rings is 1. The number of hydrogen-bond acceptors (Lipinski definition) is 5. The third kappa shape index (κ3) is 3.49. The van der Waals surface area contributed by atoms with Crippen LogP contribution in [0.3, 0.4) is 0 Å². The molecule has 1 aromatic heterocycles. The predicted octanol–water partition coefficient (Wildman–Crippen LogP) is 3.08. The highest BCUT2D eigenvalue weighted by molar-refractivity contribution is 5.98. The molecule has 0 bridgehead atoms. The summed E-state index contributed by atoms with van der Waals surface area (Å²) < 4.78 is 0. The molecule has 1 aliphatic carbocycles. The van der Waals surface area contributed by atoms with Gasteiger partial charge < -0.3 is 15.3 Å². The second kappa shape index (κ2) is 7.34. The summed E-state index contributed by atoms with van der Waals surface area (Å²) in [4.78, 5) is 34.8. The number of likely N-dealkylation sites (tertiary alicyclic amines) is 1. The van der Waals surface area contributed by atoms with Gasteiger partial charge in [0.15, 0.2) is 0 Å². The fraction of sp³-hybridized carbons (Fsp3) is 0.400. The van der Waals surface area contributed by atoms with Gasteiger partial charge in [-0.2, -0.15) is 0 Å². The van der Waals surface area contributed by atoms with Crippen molar-refractivity contribution in [2.45, 2.75) is 44.2 Å². The molecular formula is C20H22N4O3. The molecule has 2 aromatic rings. The van der Waals surface area contributed by atoms with E-state index in [1.807, 2.05) is 6.07 Å². The molecule has 3 atom stereocenters. The smallest absolute Gasteiger partial charge is 0.326 e. The highest BCUT2D eigenvalue weighted by atomic mass is 16.4. The van der Waals surface area contributed by atoms with E-state index < -0.39 is 12.0 Å². The molecule has 2 fully saturated rings. The van der Waals surface area contributed by atoms with E-state index in [0.717, 1.165) is 25.7 Å². The van der Waals surface area contributed by atoms with Crippen molar-refractivity contribution in [3.8, 4) is 0 Å². The number of hydrogen-bond donors (Lipinski definition) is 2. The molecule has 27 heavy (non-hydrogen) atoms. The van der Waals surface area contributed by atoms with E-state index in [1.54, 1.807) is 41.7 Å². The van der Waals surface area contributed by atoms with E-state index in [0.29, 0.717) is 29.4 Å². The maximum Gasteiger partial charge on any atom is 0.326 e. The Kier molecular flexibility index (Phi) is 4.75. The number of rotatable bonds is 4. The molecule has 0 radical (unpaired) electrons. The van der Waals surface area contributed by atoms with Crippen LogP contribution in [-0.4, -0.2) is 43.9 Å². The van der Waals surface area contributed by atoms with Crippen molar-refractivity contribution in [2.75, 3.05) is 5.32 Å². The topological polar surface area (TPSA) is 95.4 Å². The summed E-state index contributed by atoms with van der Waals surface area (Å²) in [6.45, 7) is 0. The molecule has 0 spiro atoms. The standard InChI is InChI=1S/C20H22N4O3/c25-19(24-16-7-2-1-4-13(16)11-17(24)20(26)27)14-5-3-6-15(10-14)23-18-12-21-8-9-22-18/h3,5-6,8-10,12-13,16-17H,1-2,4,7,11H2,(H,22,23)(H,26,27). The zero-order valence-electron chi connectivity index (χ0n) is 14.9. The van der Waals surface area contributed by atoms with Gasteiger partial charge in [-0.15, -0.1) is 0 Å². The summed E-state index contributed by atoms with van der Waals surface area (Å²) in [7, 11) is 0. The highest BCUT2D eigenvalue weighted by Gasteiger charge is 2.47. The molecule has 2 heterocycles. The van der Waals surface area contributed by atoms with Crippen molar-refractivity contribution >= 4 is 23.4 Å². The number of nitrogens with zero attached hydrogens (tertiary/aromatic N) is 3. The Bertz CT molecular complexity index is 842. The number of nitrogens with one attached hydrogen (secondary N) is 1. The molecule has 7 nitrogen and oxygen atoms in total. The molecular weight excluding hydrogens is 344 g/mol. The van der Waals surface area contributed by atoms with E-state index in [1.165, 1.54) is 0 Å². The first-order valence-electron chi connectivity index (χ1n) is 9.32. The second-order valence-corrected chi connectivity index (χ2v) is 7.21. The van der Waals surface area contributed by atoms with Gasteiger partial charge in [0.1, 0.15) is 11.9 Å². The first-order valence-corrected chi connectivity index (χ1v) is 9.32. The van der Waals surface area contributed by atoms with Crippen LogP contribution in [0, 0.1) is 5.92 Å². The average Bonchev–Trinajstić information content (AvgIpc) is 3.08. The Hall–Kier alpha value is -2.96. The Morgan fingerprint density at radius 3 is 2.81 bits per heavy atom. The number of aromatic nitrogens is 2. The van der Waals surface area contributed by atoms with Crippen molar-refractivity contribution in [1.29, 1.82) is 0 Å². The van der Waals surface area contributed by atoms with Gasteiger partial charge in [0.05, 0.1) is 6.20 Å². The Balaban J connectivity index is 1.59. The number of carbonyl (C=O) groups is 2. The number of anilines is 2. The molecule has 2 aliphatic rings. The normalized spacial score (nSPS) is 24.3. The van der Waals surface area contributed by atoms with Gasteiger partial charge in [0, 0.05) is 29.7 Å². The van der Waals surface area contributed by atoms with E-state index in [4.69, 9.17) is 0 Å². The van der Waals surface area contributed by atoms with E-state index in [9.17, 15) is 14.7 Å². The lowest BCUT2D eigenvalue weighted by Crippen LogP contribution is -2.46. The largest absolute Gasteiger partial charge is 0.480 e. The fourth-order valence-corrected chi connectivity index (χ4v) is 4.36. The van der Waals surface area contributed by atoms with Crippen molar-refractivity contribution in [3.05, 3.63) is 48.4 Å². The maximum absolute atomic E-state index is 13.2. The van der Waals surface area contributed by atoms with Crippen LogP contribution in [0.5, 0.6) is 0 Å². The van der Waals surface area contributed by atoms with Crippen LogP contribution in [0.15, 0.2) is 42.9 Å². The Morgan fingerprint density at radius 1 is 1.19 bits per heavy atom. The van der Waals surface area contributed by atoms with Crippen molar-refractivity contribution in [1.82, 2.24) is 14.9 Å². The molecule has 1 saturated carbocycles. The van der Waals surface area contributed by atoms with Crippen LogP contribution in [0.4, 0.5) is 11.5 Å². The summed E-state index contributed by atoms with van der Waals surface area (Å²) in [5, 5.41) is 12.8. The predicted molar refractivity (Wildman–Crippen MR) is 99.7 cm³/mol. The van der Waals surface area contributed by atoms with Crippen LogP contribution >= 0.6 is 0 Å². The quantitative estimate of drug-likeness (QED) is 0.863. The summed E-state index contributed by atoms with van der Waals surface area (Å²) >= 11 is 0. The Morgan fingerprint density at radius 2 is 2.04 bits per heavy atom.